The van der Waals surface area contributed by atoms with Gasteiger partial charge in [-0.2, -0.15) is 17.6 Å². The molecule has 1 N–H and O–H groups in total. The van der Waals surface area contributed by atoms with Crippen LogP contribution in [0.15, 0.2) is 10.6 Å². The zero-order valence-electron chi connectivity index (χ0n) is 5.25. The third-order valence-corrected chi connectivity index (χ3v) is 1.84. The SMILES string of the molecule is O=C(O)C1=C(Cl)C(F)(F)C1(F)F. The van der Waals surface area contributed by atoms with E-state index in [1.807, 2.05) is 0 Å². The van der Waals surface area contributed by atoms with E-state index >= 15 is 0 Å². The summed E-state index contributed by atoms with van der Waals surface area (Å²) in [5.74, 6) is -11.3. The Hall–Kier alpha value is -0.780. The Kier molecular flexibility index (Phi) is 1.65. The van der Waals surface area contributed by atoms with Gasteiger partial charge in [0.25, 0.3) is 0 Å². The number of rotatable bonds is 1. The maximum absolute atomic E-state index is 12.2. The van der Waals surface area contributed by atoms with Crippen LogP contribution in [-0.4, -0.2) is 22.9 Å². The van der Waals surface area contributed by atoms with Crippen LogP contribution in [0.25, 0.3) is 0 Å². The maximum atomic E-state index is 12.2. The molecule has 0 heterocycles. The van der Waals surface area contributed by atoms with Crippen molar-refractivity contribution in [3.63, 3.8) is 0 Å². The minimum Gasteiger partial charge on any atom is -0.478 e. The van der Waals surface area contributed by atoms with Gasteiger partial charge in [0.1, 0.15) is 10.6 Å². The molecule has 1 aliphatic carbocycles. The largest absolute Gasteiger partial charge is 0.478 e. The molecule has 0 spiro atoms. The molecule has 7 heteroatoms. The zero-order chi connectivity index (χ0) is 9.73. The number of carboxylic acid groups (broad SMARTS) is 1. The topological polar surface area (TPSA) is 37.3 Å². The first-order valence-corrected chi connectivity index (χ1v) is 3.00. The van der Waals surface area contributed by atoms with Gasteiger partial charge in [-0.05, 0) is 0 Å². The van der Waals surface area contributed by atoms with Gasteiger partial charge in [-0.25, -0.2) is 4.79 Å². The van der Waals surface area contributed by atoms with Crippen LogP contribution in [0.3, 0.4) is 0 Å². The van der Waals surface area contributed by atoms with Crippen LogP contribution in [0.1, 0.15) is 0 Å². The summed E-state index contributed by atoms with van der Waals surface area (Å²) in [7, 11) is 0. The van der Waals surface area contributed by atoms with Crippen molar-refractivity contribution in [2.75, 3.05) is 0 Å². The molecule has 1 rings (SSSR count). The van der Waals surface area contributed by atoms with E-state index in [9.17, 15) is 22.4 Å². The minimum absolute atomic E-state index is 1.60. The third-order valence-electron chi connectivity index (χ3n) is 1.42. The highest BCUT2D eigenvalue weighted by Crippen LogP contribution is 2.56. The molecule has 68 valence electrons. The van der Waals surface area contributed by atoms with Crippen molar-refractivity contribution in [1.29, 1.82) is 0 Å². The van der Waals surface area contributed by atoms with Crippen molar-refractivity contribution >= 4 is 17.6 Å². The average Bonchev–Trinajstić information content (AvgIpc) is 1.85. The maximum Gasteiger partial charge on any atom is 0.351 e. The normalized spacial score (nSPS) is 25.1. The summed E-state index contributed by atoms with van der Waals surface area (Å²) >= 11 is 4.65. The lowest BCUT2D eigenvalue weighted by molar-refractivity contribution is -0.191. The van der Waals surface area contributed by atoms with Crippen molar-refractivity contribution in [2.45, 2.75) is 11.8 Å². The number of carboxylic acids is 1. The third kappa shape index (κ3) is 0.782. The molecule has 0 aromatic rings. The first kappa shape index (κ1) is 9.31. The summed E-state index contributed by atoms with van der Waals surface area (Å²) in [6, 6.07) is 0. The summed E-state index contributed by atoms with van der Waals surface area (Å²) in [6.07, 6.45) is 0. The van der Waals surface area contributed by atoms with E-state index in [0.29, 0.717) is 0 Å². The van der Waals surface area contributed by atoms with Gasteiger partial charge in [0, 0.05) is 0 Å². The molecule has 12 heavy (non-hydrogen) atoms. The van der Waals surface area contributed by atoms with E-state index < -0.39 is 28.4 Å². The van der Waals surface area contributed by atoms with E-state index in [-0.39, 0.29) is 0 Å². The Bertz CT molecular complexity index is 283. The van der Waals surface area contributed by atoms with Crippen LogP contribution in [0, 0.1) is 0 Å². The molecule has 0 amide bonds. The van der Waals surface area contributed by atoms with Gasteiger partial charge >= 0.3 is 17.8 Å². The van der Waals surface area contributed by atoms with Crippen LogP contribution in [-0.2, 0) is 4.79 Å². The molecule has 0 bridgehead atoms. The Morgan fingerprint density at radius 3 is 1.83 bits per heavy atom. The van der Waals surface area contributed by atoms with Crippen LogP contribution in [0.2, 0.25) is 0 Å². The fourth-order valence-corrected chi connectivity index (χ4v) is 1.07. The van der Waals surface area contributed by atoms with Crippen molar-refractivity contribution < 1.29 is 27.5 Å². The number of alkyl halides is 4. The van der Waals surface area contributed by atoms with Gasteiger partial charge in [-0.1, -0.05) is 11.6 Å². The number of hydrogen-bond acceptors (Lipinski definition) is 1. The summed E-state index contributed by atoms with van der Waals surface area (Å²) < 4.78 is 48.7. The van der Waals surface area contributed by atoms with Crippen LogP contribution in [0.4, 0.5) is 17.6 Å². The number of hydrogen-bond donors (Lipinski definition) is 1. The number of aliphatic carboxylic acids is 1. The molecule has 0 aliphatic heterocycles. The first-order valence-electron chi connectivity index (χ1n) is 2.62. The lowest BCUT2D eigenvalue weighted by Crippen LogP contribution is -2.54. The van der Waals surface area contributed by atoms with Gasteiger partial charge in [0.2, 0.25) is 0 Å². The monoisotopic (exact) mass is 204 g/mol. The molecule has 0 aromatic carbocycles. The van der Waals surface area contributed by atoms with Crippen molar-refractivity contribution in [1.82, 2.24) is 0 Å². The molecular weight excluding hydrogens is 203 g/mol. The zero-order valence-corrected chi connectivity index (χ0v) is 6.00. The molecule has 0 saturated heterocycles. The summed E-state index contributed by atoms with van der Waals surface area (Å²) in [6.45, 7) is 0. The fraction of sp³-hybridized carbons (Fsp3) is 0.400. The minimum atomic E-state index is -4.66. The molecule has 0 atom stereocenters. The average molecular weight is 205 g/mol. The number of allylic oxidation sites excluding steroid dienone is 1. The van der Waals surface area contributed by atoms with Crippen LogP contribution in [0.5, 0.6) is 0 Å². The highest BCUT2D eigenvalue weighted by atomic mass is 35.5. The molecule has 0 saturated carbocycles. The van der Waals surface area contributed by atoms with E-state index in [1.54, 1.807) is 0 Å². The van der Waals surface area contributed by atoms with Crippen molar-refractivity contribution in [2.24, 2.45) is 0 Å². The second-order valence-corrected chi connectivity index (χ2v) is 2.52. The first-order chi connectivity index (χ1) is 5.23. The van der Waals surface area contributed by atoms with E-state index in [2.05, 4.69) is 11.6 Å². The Balaban J connectivity index is 3.21. The second-order valence-electron chi connectivity index (χ2n) is 2.14. The predicted molar refractivity (Wildman–Crippen MR) is 30.4 cm³/mol. The van der Waals surface area contributed by atoms with Gasteiger partial charge in [0.05, 0.1) is 0 Å². The number of halogens is 5. The summed E-state index contributed by atoms with van der Waals surface area (Å²) in [4.78, 5) is 9.94. The lowest BCUT2D eigenvalue weighted by atomic mass is 9.89. The molecule has 0 unspecified atom stereocenters. The highest BCUT2D eigenvalue weighted by molar-refractivity contribution is 6.34. The van der Waals surface area contributed by atoms with Crippen molar-refractivity contribution in [3.05, 3.63) is 10.6 Å². The molecular formula is C5HClF4O2. The number of carbonyl (C=O) groups is 1. The van der Waals surface area contributed by atoms with Gasteiger partial charge in [-0.15, -0.1) is 0 Å². The predicted octanol–water partition coefficient (Wildman–Crippen LogP) is 1.85. The Morgan fingerprint density at radius 2 is 1.67 bits per heavy atom. The van der Waals surface area contributed by atoms with Crippen LogP contribution < -0.4 is 0 Å². The molecule has 0 fully saturated rings. The van der Waals surface area contributed by atoms with E-state index in [0.717, 1.165) is 0 Å². The smallest absolute Gasteiger partial charge is 0.351 e. The van der Waals surface area contributed by atoms with Crippen LogP contribution >= 0.6 is 11.6 Å². The highest BCUT2D eigenvalue weighted by Gasteiger charge is 2.73. The lowest BCUT2D eigenvalue weighted by Gasteiger charge is -2.35. The van der Waals surface area contributed by atoms with E-state index in [4.69, 9.17) is 5.11 Å². The van der Waals surface area contributed by atoms with Gasteiger partial charge in [-0.3, -0.25) is 0 Å². The quantitative estimate of drug-likeness (QED) is 0.662. The Labute approximate surface area is 68.4 Å². The van der Waals surface area contributed by atoms with Gasteiger partial charge in [0.15, 0.2) is 0 Å². The second kappa shape index (κ2) is 2.12. The summed E-state index contributed by atoms with van der Waals surface area (Å²) in [5, 5.41) is 6.42. The summed E-state index contributed by atoms with van der Waals surface area (Å²) in [5.41, 5.74) is -1.73. The fourth-order valence-electron chi connectivity index (χ4n) is 0.755. The molecule has 0 aromatic heterocycles. The standard InChI is InChI=1S/C5HClF4O2/c6-2-1(3(11)12)4(7,8)5(2,9)10/h(H,11,12). The van der Waals surface area contributed by atoms with Gasteiger partial charge < -0.3 is 5.11 Å². The van der Waals surface area contributed by atoms with E-state index in [1.165, 1.54) is 0 Å². The van der Waals surface area contributed by atoms with Crippen molar-refractivity contribution in [3.8, 4) is 0 Å². The molecule has 2 nitrogen and oxygen atoms in total. The molecule has 1 aliphatic rings. The Morgan fingerprint density at radius 1 is 1.25 bits per heavy atom. The molecule has 0 radical (unpaired) electrons.